The Labute approximate surface area is 116 Å². The number of ether oxygens (including phenoxy) is 1. The van der Waals surface area contributed by atoms with Crippen molar-refractivity contribution in [1.29, 1.82) is 0 Å². The molecule has 0 heterocycles. The van der Waals surface area contributed by atoms with E-state index in [1.807, 2.05) is 19.1 Å². The number of carbonyl (C=O) groups excluding carboxylic acids is 2. The molecule has 0 aliphatic rings. The highest BCUT2D eigenvalue weighted by Gasteiger charge is 2.13. The number of thioether (sulfide) groups is 1. The van der Waals surface area contributed by atoms with Crippen molar-refractivity contribution in [2.45, 2.75) is 11.8 Å². The monoisotopic (exact) mass is 277 g/mol. The Morgan fingerprint density at radius 3 is 2.84 bits per heavy atom. The number of rotatable bonds is 6. The maximum atomic E-state index is 11.9. The summed E-state index contributed by atoms with van der Waals surface area (Å²) in [6.07, 6.45) is 5.00. The predicted octanol–water partition coefficient (Wildman–Crippen LogP) is 1.70. The summed E-state index contributed by atoms with van der Waals surface area (Å²) < 4.78 is 4.94. The van der Waals surface area contributed by atoms with Crippen molar-refractivity contribution in [3.8, 4) is 12.3 Å². The van der Waals surface area contributed by atoms with Crippen LogP contribution in [0.25, 0.3) is 0 Å². The first-order valence-electron chi connectivity index (χ1n) is 5.78. The highest BCUT2D eigenvalue weighted by molar-refractivity contribution is 7.99. The standard InChI is InChI=1S/C14H15NO3S/c1-3-9-15-13(16)10-18-14(17)11-7-5-6-8-12(11)19-4-2/h1,5-8H,4,9-10H2,2H3,(H,15,16). The Balaban J connectivity index is 2.59. The number of amides is 1. The fraction of sp³-hybridized carbons (Fsp3) is 0.286. The van der Waals surface area contributed by atoms with Crippen molar-refractivity contribution >= 4 is 23.6 Å². The van der Waals surface area contributed by atoms with E-state index in [0.717, 1.165) is 10.6 Å². The van der Waals surface area contributed by atoms with Gasteiger partial charge in [-0.1, -0.05) is 25.0 Å². The van der Waals surface area contributed by atoms with Gasteiger partial charge in [0.2, 0.25) is 0 Å². The Bertz CT molecular complexity index is 494. The van der Waals surface area contributed by atoms with Crippen molar-refractivity contribution < 1.29 is 14.3 Å². The lowest BCUT2D eigenvalue weighted by molar-refractivity contribution is -0.123. The van der Waals surface area contributed by atoms with E-state index in [1.165, 1.54) is 0 Å². The van der Waals surface area contributed by atoms with Gasteiger partial charge in [-0.2, -0.15) is 0 Å². The van der Waals surface area contributed by atoms with Gasteiger partial charge >= 0.3 is 5.97 Å². The molecule has 0 saturated heterocycles. The maximum Gasteiger partial charge on any atom is 0.339 e. The average molecular weight is 277 g/mol. The maximum absolute atomic E-state index is 11.9. The molecule has 100 valence electrons. The van der Waals surface area contributed by atoms with Crippen LogP contribution in [0.1, 0.15) is 17.3 Å². The topological polar surface area (TPSA) is 55.4 Å². The van der Waals surface area contributed by atoms with E-state index in [4.69, 9.17) is 11.2 Å². The van der Waals surface area contributed by atoms with Crippen LogP contribution in [0.3, 0.4) is 0 Å². The number of carbonyl (C=O) groups is 2. The number of benzene rings is 1. The fourth-order valence-corrected chi connectivity index (χ4v) is 2.12. The number of esters is 1. The molecule has 1 N–H and O–H groups in total. The molecule has 19 heavy (non-hydrogen) atoms. The van der Waals surface area contributed by atoms with Gasteiger partial charge in [-0.3, -0.25) is 4.79 Å². The van der Waals surface area contributed by atoms with Crippen molar-refractivity contribution in [2.75, 3.05) is 18.9 Å². The van der Waals surface area contributed by atoms with Crippen LogP contribution in [0, 0.1) is 12.3 Å². The molecule has 1 amide bonds. The van der Waals surface area contributed by atoms with E-state index in [-0.39, 0.29) is 13.2 Å². The molecule has 0 aliphatic carbocycles. The summed E-state index contributed by atoms with van der Waals surface area (Å²) in [4.78, 5) is 24.0. The Hall–Kier alpha value is -1.93. The Morgan fingerprint density at radius 2 is 2.16 bits per heavy atom. The molecule has 0 saturated carbocycles. The minimum absolute atomic E-state index is 0.124. The van der Waals surface area contributed by atoms with Crippen molar-refractivity contribution in [3.05, 3.63) is 29.8 Å². The molecule has 1 rings (SSSR count). The lowest BCUT2D eigenvalue weighted by Gasteiger charge is -2.08. The van der Waals surface area contributed by atoms with Gasteiger partial charge in [0.25, 0.3) is 5.91 Å². The second kappa shape index (κ2) is 8.22. The molecule has 0 aromatic heterocycles. The van der Waals surface area contributed by atoms with Gasteiger partial charge in [0.05, 0.1) is 12.1 Å². The minimum Gasteiger partial charge on any atom is -0.452 e. The number of nitrogens with one attached hydrogen (secondary N) is 1. The highest BCUT2D eigenvalue weighted by Crippen LogP contribution is 2.22. The smallest absolute Gasteiger partial charge is 0.339 e. The third-order valence-electron chi connectivity index (χ3n) is 2.13. The zero-order valence-corrected chi connectivity index (χ0v) is 11.5. The van der Waals surface area contributed by atoms with Crippen molar-refractivity contribution in [2.24, 2.45) is 0 Å². The van der Waals surface area contributed by atoms with E-state index >= 15 is 0 Å². The highest BCUT2D eigenvalue weighted by atomic mass is 32.2. The quantitative estimate of drug-likeness (QED) is 0.488. The van der Waals surface area contributed by atoms with Gasteiger partial charge in [-0.25, -0.2) is 4.79 Å². The lowest BCUT2D eigenvalue weighted by atomic mass is 10.2. The van der Waals surface area contributed by atoms with E-state index in [9.17, 15) is 9.59 Å². The van der Waals surface area contributed by atoms with Crippen LogP contribution >= 0.6 is 11.8 Å². The Morgan fingerprint density at radius 1 is 1.42 bits per heavy atom. The molecule has 0 radical (unpaired) electrons. The zero-order chi connectivity index (χ0) is 14.1. The molecule has 0 unspecified atom stereocenters. The first-order chi connectivity index (χ1) is 9.19. The summed E-state index contributed by atoms with van der Waals surface area (Å²) in [6, 6.07) is 7.14. The third-order valence-corrected chi connectivity index (χ3v) is 3.08. The summed E-state index contributed by atoms with van der Waals surface area (Å²) in [7, 11) is 0. The van der Waals surface area contributed by atoms with Gasteiger partial charge < -0.3 is 10.1 Å². The summed E-state index contributed by atoms with van der Waals surface area (Å²) in [5.74, 6) is 2.20. The van der Waals surface area contributed by atoms with Crippen LogP contribution in [0.5, 0.6) is 0 Å². The predicted molar refractivity (Wildman–Crippen MR) is 75.0 cm³/mol. The van der Waals surface area contributed by atoms with Crippen LogP contribution in [0.4, 0.5) is 0 Å². The minimum atomic E-state index is -0.507. The molecule has 1 aromatic carbocycles. The molecule has 0 bridgehead atoms. The van der Waals surface area contributed by atoms with E-state index in [1.54, 1.807) is 23.9 Å². The molecule has 0 atom stereocenters. The molecule has 0 fully saturated rings. The van der Waals surface area contributed by atoms with Crippen molar-refractivity contribution in [3.63, 3.8) is 0 Å². The molecule has 1 aromatic rings. The average Bonchev–Trinajstić information content (AvgIpc) is 2.43. The number of hydrogen-bond acceptors (Lipinski definition) is 4. The number of terminal acetylenes is 1. The third kappa shape index (κ3) is 5.06. The van der Waals surface area contributed by atoms with E-state index in [2.05, 4.69) is 11.2 Å². The number of hydrogen-bond donors (Lipinski definition) is 1. The molecule has 0 aliphatic heterocycles. The van der Waals surface area contributed by atoms with E-state index < -0.39 is 11.9 Å². The Kier molecular flexibility index (Phi) is 6.55. The summed E-state index contributed by atoms with van der Waals surface area (Å²) in [6.45, 7) is 1.80. The molecule has 0 spiro atoms. The van der Waals surface area contributed by atoms with Crippen LogP contribution < -0.4 is 5.32 Å². The SMILES string of the molecule is C#CCNC(=O)COC(=O)c1ccccc1SCC. The summed E-state index contributed by atoms with van der Waals surface area (Å²) in [5.41, 5.74) is 0.471. The first kappa shape index (κ1) is 15.1. The molecule has 5 heteroatoms. The van der Waals surface area contributed by atoms with Gasteiger partial charge in [0.15, 0.2) is 6.61 Å². The largest absolute Gasteiger partial charge is 0.452 e. The van der Waals surface area contributed by atoms with Crippen molar-refractivity contribution in [1.82, 2.24) is 5.32 Å². The summed E-state index contributed by atoms with van der Waals surface area (Å²) >= 11 is 1.55. The first-order valence-corrected chi connectivity index (χ1v) is 6.76. The van der Waals surface area contributed by atoms with Crippen LogP contribution in [-0.4, -0.2) is 30.8 Å². The molecular formula is C14H15NO3S. The van der Waals surface area contributed by atoms with Gasteiger partial charge in [-0.05, 0) is 17.9 Å². The van der Waals surface area contributed by atoms with Crippen LogP contribution in [0.15, 0.2) is 29.2 Å². The van der Waals surface area contributed by atoms with Crippen LogP contribution in [0.2, 0.25) is 0 Å². The molecule has 4 nitrogen and oxygen atoms in total. The van der Waals surface area contributed by atoms with E-state index in [0.29, 0.717) is 5.56 Å². The summed E-state index contributed by atoms with van der Waals surface area (Å²) in [5, 5.41) is 2.42. The second-order valence-corrected chi connectivity index (χ2v) is 4.79. The van der Waals surface area contributed by atoms with Gasteiger partial charge in [-0.15, -0.1) is 18.2 Å². The second-order valence-electron chi connectivity index (χ2n) is 3.49. The molecular weight excluding hydrogens is 262 g/mol. The van der Waals surface area contributed by atoms with Crippen LogP contribution in [-0.2, 0) is 9.53 Å². The normalized spacial score (nSPS) is 9.47. The van der Waals surface area contributed by atoms with Gasteiger partial charge in [0.1, 0.15) is 0 Å². The lowest BCUT2D eigenvalue weighted by Crippen LogP contribution is -2.29. The zero-order valence-electron chi connectivity index (χ0n) is 10.6. The van der Waals surface area contributed by atoms with Gasteiger partial charge in [0, 0.05) is 4.90 Å². The fourth-order valence-electron chi connectivity index (χ4n) is 1.33.